The second-order valence-corrected chi connectivity index (χ2v) is 7.73. The summed E-state index contributed by atoms with van der Waals surface area (Å²) < 4.78 is 15.9. The molecule has 0 atom stereocenters. The molecule has 7 heteroatoms. The first-order valence-corrected chi connectivity index (χ1v) is 8.90. The first-order chi connectivity index (χ1) is 11.6. The number of benzene rings is 1. The Balaban J connectivity index is 2.19. The second kappa shape index (κ2) is 7.56. The lowest BCUT2D eigenvalue weighted by atomic mass is 10.1. The number of rotatable bonds is 5. The van der Waals surface area contributed by atoms with Crippen LogP contribution in [0.3, 0.4) is 0 Å². The highest BCUT2D eigenvalue weighted by molar-refractivity contribution is 9.10. The first kappa shape index (κ1) is 19.4. The highest BCUT2D eigenvalue weighted by Crippen LogP contribution is 2.31. The number of hydrogen-bond acceptors (Lipinski definition) is 2. The van der Waals surface area contributed by atoms with E-state index >= 15 is 0 Å². The minimum Gasteiger partial charge on any atom is -0.465 e. The van der Waals surface area contributed by atoms with E-state index in [2.05, 4.69) is 21.0 Å². The third-order valence-electron chi connectivity index (χ3n) is 3.96. The largest absolute Gasteiger partial charge is 0.465 e. The van der Waals surface area contributed by atoms with Gasteiger partial charge in [-0.15, -0.1) is 0 Å². The normalized spacial score (nSPS) is 11.6. The van der Waals surface area contributed by atoms with E-state index in [1.807, 2.05) is 32.4 Å². The van der Waals surface area contributed by atoms with Gasteiger partial charge in [-0.25, -0.2) is 9.18 Å². The Bertz CT molecular complexity index is 751. The van der Waals surface area contributed by atoms with Crippen LogP contribution >= 0.6 is 15.9 Å². The van der Waals surface area contributed by atoms with Gasteiger partial charge in [-0.1, -0.05) is 0 Å². The van der Waals surface area contributed by atoms with Gasteiger partial charge in [-0.3, -0.25) is 4.68 Å². The first-order valence-electron chi connectivity index (χ1n) is 8.10. The quantitative estimate of drug-likeness (QED) is 0.758. The molecule has 0 radical (unpaired) electrons. The van der Waals surface area contributed by atoms with E-state index in [1.165, 1.54) is 17.0 Å². The number of aryl methyl sites for hydroxylation is 2. The Morgan fingerprint density at radius 2 is 1.92 bits per heavy atom. The molecule has 0 bridgehead atoms. The predicted octanol–water partition coefficient (Wildman–Crippen LogP) is 4.93. The molecule has 136 valence electrons. The summed E-state index contributed by atoms with van der Waals surface area (Å²) in [5.74, 6) is -0.287. The van der Waals surface area contributed by atoms with Crippen LogP contribution in [0.1, 0.15) is 32.9 Å². The van der Waals surface area contributed by atoms with E-state index in [0.29, 0.717) is 19.5 Å². The van der Waals surface area contributed by atoms with Crippen molar-refractivity contribution in [2.45, 2.75) is 46.2 Å². The van der Waals surface area contributed by atoms with Crippen molar-refractivity contribution in [2.75, 3.05) is 6.54 Å². The lowest BCUT2D eigenvalue weighted by Crippen LogP contribution is -2.45. The second-order valence-electron chi connectivity index (χ2n) is 6.94. The fourth-order valence-electron chi connectivity index (χ4n) is 2.70. The van der Waals surface area contributed by atoms with Gasteiger partial charge in [0.05, 0.1) is 15.9 Å². The Morgan fingerprint density at radius 1 is 1.32 bits per heavy atom. The minimum absolute atomic E-state index is 0.287. The lowest BCUT2D eigenvalue weighted by Gasteiger charge is -2.33. The number of carboxylic acid groups (broad SMARTS) is 1. The van der Waals surface area contributed by atoms with Crippen LogP contribution in [0.4, 0.5) is 9.18 Å². The number of nitrogens with zero attached hydrogens (tertiary/aromatic N) is 3. The van der Waals surface area contributed by atoms with E-state index in [4.69, 9.17) is 0 Å². The third-order valence-corrected chi connectivity index (χ3v) is 4.91. The number of hydrogen-bond donors (Lipinski definition) is 1. The Hall–Kier alpha value is -1.89. The van der Waals surface area contributed by atoms with Crippen molar-refractivity contribution in [3.63, 3.8) is 0 Å². The molecule has 2 aromatic rings. The monoisotopic (exact) mass is 411 g/mol. The van der Waals surface area contributed by atoms with E-state index in [1.54, 1.807) is 12.1 Å². The maximum atomic E-state index is 13.2. The zero-order chi connectivity index (χ0) is 18.8. The molecule has 1 aromatic carbocycles. The molecular weight excluding hydrogens is 389 g/mol. The summed E-state index contributed by atoms with van der Waals surface area (Å²) in [7, 11) is 0. The molecule has 0 spiro atoms. The maximum absolute atomic E-state index is 13.2. The molecule has 1 aromatic heterocycles. The molecule has 1 amide bonds. The van der Waals surface area contributed by atoms with Gasteiger partial charge in [0.2, 0.25) is 0 Å². The standard InChI is InChI=1S/C18H23BrFN3O2/c1-12-15(19)16(13-6-8-14(20)9-7-13)23(21-12)11-5-10-22(17(24)25)18(2,3)4/h6-9H,5,10-11H2,1-4H3,(H,24,25). The highest BCUT2D eigenvalue weighted by Gasteiger charge is 2.25. The average Bonchev–Trinajstić information content (AvgIpc) is 2.78. The Kier molecular flexibility index (Phi) is 5.87. The summed E-state index contributed by atoms with van der Waals surface area (Å²) in [5, 5.41) is 13.9. The molecule has 0 saturated heterocycles. The van der Waals surface area contributed by atoms with Crippen LogP contribution in [-0.4, -0.2) is 38.0 Å². The highest BCUT2D eigenvalue weighted by atomic mass is 79.9. The number of halogens is 2. The van der Waals surface area contributed by atoms with Gasteiger partial charge >= 0.3 is 6.09 Å². The van der Waals surface area contributed by atoms with E-state index < -0.39 is 11.6 Å². The van der Waals surface area contributed by atoms with E-state index in [0.717, 1.165) is 21.4 Å². The zero-order valence-corrected chi connectivity index (χ0v) is 16.5. The summed E-state index contributed by atoms with van der Waals surface area (Å²) in [6.07, 6.45) is -0.296. The van der Waals surface area contributed by atoms with Gasteiger partial charge in [-0.05, 0) is 74.3 Å². The molecule has 1 heterocycles. The molecular formula is C18H23BrFN3O2. The fourth-order valence-corrected chi connectivity index (χ4v) is 3.21. The van der Waals surface area contributed by atoms with Crippen molar-refractivity contribution in [1.29, 1.82) is 0 Å². The molecule has 0 unspecified atom stereocenters. The van der Waals surface area contributed by atoms with Gasteiger partial charge in [0.15, 0.2) is 0 Å². The molecule has 1 N–H and O–H groups in total. The fraction of sp³-hybridized carbons (Fsp3) is 0.444. The Labute approximate surface area is 155 Å². The SMILES string of the molecule is Cc1nn(CCCN(C(=O)O)C(C)(C)C)c(-c2ccc(F)cc2)c1Br. The molecule has 2 rings (SSSR count). The van der Waals surface area contributed by atoms with E-state index in [-0.39, 0.29) is 5.82 Å². The van der Waals surface area contributed by atoms with Crippen molar-refractivity contribution in [3.8, 4) is 11.3 Å². The topological polar surface area (TPSA) is 58.4 Å². The summed E-state index contributed by atoms with van der Waals surface area (Å²) in [6, 6.07) is 6.26. The van der Waals surface area contributed by atoms with Gasteiger partial charge < -0.3 is 10.0 Å². The summed E-state index contributed by atoms with van der Waals surface area (Å²) in [5.41, 5.74) is 2.12. The molecule has 0 aliphatic rings. The average molecular weight is 412 g/mol. The Morgan fingerprint density at radius 3 is 2.44 bits per heavy atom. The molecule has 5 nitrogen and oxygen atoms in total. The summed E-state index contributed by atoms with van der Waals surface area (Å²) in [4.78, 5) is 12.9. The molecule has 0 aliphatic heterocycles. The van der Waals surface area contributed by atoms with Crippen molar-refractivity contribution < 1.29 is 14.3 Å². The lowest BCUT2D eigenvalue weighted by molar-refractivity contribution is 0.0984. The number of aromatic nitrogens is 2. The zero-order valence-electron chi connectivity index (χ0n) is 14.9. The van der Waals surface area contributed by atoms with Gasteiger partial charge in [0.1, 0.15) is 5.82 Å². The van der Waals surface area contributed by atoms with Crippen LogP contribution in [0.2, 0.25) is 0 Å². The molecule has 0 aliphatic carbocycles. The van der Waals surface area contributed by atoms with Crippen LogP contribution < -0.4 is 0 Å². The summed E-state index contributed by atoms with van der Waals surface area (Å²) >= 11 is 3.55. The van der Waals surface area contributed by atoms with Crippen molar-refractivity contribution >= 4 is 22.0 Å². The summed E-state index contributed by atoms with van der Waals surface area (Å²) in [6.45, 7) is 8.50. The predicted molar refractivity (Wildman–Crippen MR) is 99.2 cm³/mol. The van der Waals surface area contributed by atoms with Crippen LogP contribution in [0, 0.1) is 12.7 Å². The maximum Gasteiger partial charge on any atom is 0.407 e. The van der Waals surface area contributed by atoms with Gasteiger partial charge in [0, 0.05) is 24.2 Å². The van der Waals surface area contributed by atoms with E-state index in [9.17, 15) is 14.3 Å². The molecule has 25 heavy (non-hydrogen) atoms. The van der Waals surface area contributed by atoms with Crippen LogP contribution in [-0.2, 0) is 6.54 Å². The smallest absolute Gasteiger partial charge is 0.407 e. The minimum atomic E-state index is -0.927. The van der Waals surface area contributed by atoms with Crippen molar-refractivity contribution in [3.05, 3.63) is 40.2 Å². The van der Waals surface area contributed by atoms with Crippen molar-refractivity contribution in [2.24, 2.45) is 0 Å². The van der Waals surface area contributed by atoms with Crippen molar-refractivity contribution in [1.82, 2.24) is 14.7 Å². The third kappa shape index (κ3) is 4.60. The number of carbonyl (C=O) groups is 1. The van der Waals surface area contributed by atoms with Crippen LogP contribution in [0.15, 0.2) is 28.7 Å². The van der Waals surface area contributed by atoms with Crippen LogP contribution in [0.5, 0.6) is 0 Å². The van der Waals surface area contributed by atoms with Gasteiger partial charge in [0.25, 0.3) is 0 Å². The molecule has 0 fully saturated rings. The number of amides is 1. The van der Waals surface area contributed by atoms with Crippen LogP contribution in [0.25, 0.3) is 11.3 Å². The molecule has 0 saturated carbocycles. The van der Waals surface area contributed by atoms with Gasteiger partial charge in [-0.2, -0.15) is 5.10 Å².